The van der Waals surface area contributed by atoms with E-state index in [1.165, 1.54) is 23.6 Å². The first kappa shape index (κ1) is 14.2. The van der Waals surface area contributed by atoms with Crippen LogP contribution in [-0.4, -0.2) is 22.3 Å². The standard InChI is InChI=1S/C12H9F2NO4S/c13-11(14)19-9-4-2-1-3-7(9)8-6-20-12(18)15(8)5-10(16)17/h1-4,6,11H,5H2,(H,16,17). The molecule has 1 N–H and O–H groups in total. The van der Waals surface area contributed by atoms with Crippen LogP contribution in [0.5, 0.6) is 5.75 Å². The molecule has 0 aliphatic rings. The lowest BCUT2D eigenvalue weighted by molar-refractivity contribution is -0.137. The zero-order valence-corrected chi connectivity index (χ0v) is 10.8. The molecule has 0 unspecified atom stereocenters. The Morgan fingerprint density at radius 3 is 2.75 bits per heavy atom. The number of benzene rings is 1. The fourth-order valence-corrected chi connectivity index (χ4v) is 2.46. The van der Waals surface area contributed by atoms with Crippen molar-refractivity contribution < 1.29 is 23.4 Å². The maximum Gasteiger partial charge on any atom is 0.387 e. The maximum absolute atomic E-state index is 12.3. The van der Waals surface area contributed by atoms with Crippen molar-refractivity contribution in [1.29, 1.82) is 0 Å². The van der Waals surface area contributed by atoms with Gasteiger partial charge in [0, 0.05) is 10.9 Å². The Hall–Kier alpha value is -2.22. The summed E-state index contributed by atoms with van der Waals surface area (Å²) >= 11 is 0.796. The average molecular weight is 301 g/mol. The number of nitrogens with zero attached hydrogens (tertiary/aromatic N) is 1. The molecule has 0 saturated heterocycles. The van der Waals surface area contributed by atoms with Crippen molar-refractivity contribution in [2.75, 3.05) is 0 Å². The van der Waals surface area contributed by atoms with Crippen molar-refractivity contribution >= 4 is 17.3 Å². The van der Waals surface area contributed by atoms with Crippen molar-refractivity contribution in [1.82, 2.24) is 4.57 Å². The number of ether oxygens (including phenoxy) is 1. The zero-order valence-electron chi connectivity index (χ0n) is 9.95. The van der Waals surface area contributed by atoms with Gasteiger partial charge in [-0.05, 0) is 12.1 Å². The molecule has 2 aromatic rings. The molecule has 0 saturated carbocycles. The third-order valence-electron chi connectivity index (χ3n) is 2.45. The van der Waals surface area contributed by atoms with Gasteiger partial charge < -0.3 is 9.84 Å². The first-order valence-corrected chi connectivity index (χ1v) is 6.31. The molecule has 1 aromatic heterocycles. The van der Waals surface area contributed by atoms with Gasteiger partial charge in [-0.25, -0.2) is 0 Å². The topological polar surface area (TPSA) is 68.5 Å². The molecule has 8 heteroatoms. The summed E-state index contributed by atoms with van der Waals surface area (Å²) in [6.07, 6.45) is 0. The Morgan fingerprint density at radius 1 is 1.40 bits per heavy atom. The van der Waals surface area contributed by atoms with E-state index in [2.05, 4.69) is 4.74 Å². The molecule has 20 heavy (non-hydrogen) atoms. The van der Waals surface area contributed by atoms with Crippen LogP contribution in [0.2, 0.25) is 0 Å². The van der Waals surface area contributed by atoms with E-state index < -0.39 is 24.0 Å². The molecule has 1 aromatic carbocycles. The number of aliphatic carboxylic acids is 1. The maximum atomic E-state index is 12.3. The Kier molecular flexibility index (Phi) is 4.14. The Labute approximate surface area is 115 Å². The summed E-state index contributed by atoms with van der Waals surface area (Å²) in [5.74, 6) is -1.31. The van der Waals surface area contributed by atoms with E-state index in [0.29, 0.717) is 0 Å². The quantitative estimate of drug-likeness (QED) is 0.919. The highest BCUT2D eigenvalue weighted by molar-refractivity contribution is 7.07. The third-order valence-corrected chi connectivity index (χ3v) is 3.22. The van der Waals surface area contributed by atoms with Gasteiger partial charge in [0.05, 0.1) is 5.69 Å². The minimum absolute atomic E-state index is 0.112. The number of carbonyl (C=O) groups is 1. The summed E-state index contributed by atoms with van der Waals surface area (Å²) in [7, 11) is 0. The lowest BCUT2D eigenvalue weighted by Gasteiger charge is -2.11. The number of para-hydroxylation sites is 1. The summed E-state index contributed by atoms with van der Waals surface area (Å²) in [6.45, 7) is -3.55. The molecule has 0 radical (unpaired) electrons. The van der Waals surface area contributed by atoms with Crippen LogP contribution in [-0.2, 0) is 11.3 Å². The van der Waals surface area contributed by atoms with E-state index >= 15 is 0 Å². The molecular formula is C12H9F2NO4S. The number of thiazole rings is 1. The summed E-state index contributed by atoms with van der Waals surface area (Å²) < 4.78 is 30.1. The van der Waals surface area contributed by atoms with E-state index in [1.54, 1.807) is 6.07 Å². The average Bonchev–Trinajstić information content (AvgIpc) is 2.71. The van der Waals surface area contributed by atoms with Crippen LogP contribution in [0.25, 0.3) is 11.3 Å². The normalized spacial score (nSPS) is 10.8. The van der Waals surface area contributed by atoms with Crippen molar-refractivity contribution in [2.45, 2.75) is 13.2 Å². The van der Waals surface area contributed by atoms with Crippen LogP contribution in [0.4, 0.5) is 8.78 Å². The van der Waals surface area contributed by atoms with Crippen LogP contribution in [0, 0.1) is 0 Å². The molecule has 1 heterocycles. The summed E-state index contributed by atoms with van der Waals surface area (Å²) in [5.41, 5.74) is 0.478. The van der Waals surface area contributed by atoms with E-state index in [0.717, 1.165) is 15.9 Å². The van der Waals surface area contributed by atoms with Crippen molar-refractivity contribution in [3.05, 3.63) is 39.3 Å². The zero-order chi connectivity index (χ0) is 14.7. The van der Waals surface area contributed by atoms with Crippen LogP contribution in [0.3, 0.4) is 0 Å². The number of carboxylic acids is 1. The van der Waals surface area contributed by atoms with E-state index in [4.69, 9.17) is 5.11 Å². The minimum atomic E-state index is -3.01. The predicted molar refractivity (Wildman–Crippen MR) is 68.3 cm³/mol. The summed E-state index contributed by atoms with van der Waals surface area (Å²) in [5, 5.41) is 10.2. The smallest absolute Gasteiger partial charge is 0.387 e. The lowest BCUT2D eigenvalue weighted by atomic mass is 10.1. The van der Waals surface area contributed by atoms with Gasteiger partial charge in [0.15, 0.2) is 0 Å². The van der Waals surface area contributed by atoms with E-state index in [-0.39, 0.29) is 17.0 Å². The highest BCUT2D eigenvalue weighted by atomic mass is 32.1. The highest BCUT2D eigenvalue weighted by Crippen LogP contribution is 2.31. The molecule has 0 aliphatic heterocycles. The minimum Gasteiger partial charge on any atom is -0.480 e. The first-order valence-electron chi connectivity index (χ1n) is 5.43. The van der Waals surface area contributed by atoms with Gasteiger partial charge in [0.1, 0.15) is 12.3 Å². The SMILES string of the molecule is O=C(O)Cn1c(-c2ccccc2OC(F)F)csc1=O. The van der Waals surface area contributed by atoms with Crippen LogP contribution < -0.4 is 9.61 Å². The molecule has 0 aliphatic carbocycles. The van der Waals surface area contributed by atoms with Crippen LogP contribution >= 0.6 is 11.3 Å². The van der Waals surface area contributed by atoms with Gasteiger partial charge in [-0.1, -0.05) is 23.5 Å². The van der Waals surface area contributed by atoms with Gasteiger partial charge in [-0.2, -0.15) is 8.78 Å². The van der Waals surface area contributed by atoms with E-state index in [1.807, 2.05) is 0 Å². The highest BCUT2D eigenvalue weighted by Gasteiger charge is 2.17. The predicted octanol–water partition coefficient (Wildman–Crippen LogP) is 2.26. The second-order valence-corrected chi connectivity index (χ2v) is 4.56. The number of rotatable bonds is 5. The van der Waals surface area contributed by atoms with E-state index in [9.17, 15) is 18.4 Å². The van der Waals surface area contributed by atoms with Gasteiger partial charge in [-0.3, -0.25) is 14.2 Å². The molecule has 0 spiro atoms. The van der Waals surface area contributed by atoms with Gasteiger partial charge in [-0.15, -0.1) is 0 Å². The summed E-state index contributed by atoms with van der Waals surface area (Å²) in [6, 6.07) is 5.90. The Morgan fingerprint density at radius 2 is 2.10 bits per heavy atom. The monoisotopic (exact) mass is 301 g/mol. The van der Waals surface area contributed by atoms with Crippen molar-refractivity contribution in [3.8, 4) is 17.0 Å². The Bertz CT molecular complexity index is 680. The molecule has 0 bridgehead atoms. The number of carboxylic acid groups (broad SMARTS) is 1. The number of hydrogen-bond acceptors (Lipinski definition) is 4. The fraction of sp³-hybridized carbons (Fsp3) is 0.167. The Balaban J connectivity index is 2.52. The van der Waals surface area contributed by atoms with Gasteiger partial charge in [0.2, 0.25) is 0 Å². The van der Waals surface area contributed by atoms with Crippen molar-refractivity contribution in [2.24, 2.45) is 0 Å². The molecule has 106 valence electrons. The molecule has 5 nitrogen and oxygen atoms in total. The number of hydrogen-bond donors (Lipinski definition) is 1. The number of alkyl halides is 2. The largest absolute Gasteiger partial charge is 0.480 e. The second-order valence-electron chi connectivity index (χ2n) is 3.74. The first-order chi connectivity index (χ1) is 9.49. The molecule has 0 amide bonds. The lowest BCUT2D eigenvalue weighted by Crippen LogP contribution is -2.20. The molecule has 2 rings (SSSR count). The fourth-order valence-electron chi connectivity index (χ4n) is 1.70. The van der Waals surface area contributed by atoms with Gasteiger partial charge >= 0.3 is 17.5 Å². The van der Waals surface area contributed by atoms with Gasteiger partial charge in [0.25, 0.3) is 0 Å². The second kappa shape index (κ2) is 5.83. The van der Waals surface area contributed by atoms with Crippen LogP contribution in [0.1, 0.15) is 0 Å². The molecule has 0 atom stereocenters. The molecule has 0 fully saturated rings. The third kappa shape index (κ3) is 3.02. The summed E-state index contributed by atoms with van der Waals surface area (Å²) in [4.78, 5) is 21.9. The molecular weight excluding hydrogens is 292 g/mol. The van der Waals surface area contributed by atoms with Crippen LogP contribution in [0.15, 0.2) is 34.4 Å². The van der Waals surface area contributed by atoms with Crippen molar-refractivity contribution in [3.63, 3.8) is 0 Å². The number of halogens is 2. The number of aromatic nitrogens is 1.